The summed E-state index contributed by atoms with van der Waals surface area (Å²) in [5.41, 5.74) is 3.31. The van der Waals surface area contributed by atoms with Gasteiger partial charge in [-0.05, 0) is 51.2 Å². The highest BCUT2D eigenvalue weighted by atomic mass is 16.5. The zero-order valence-corrected chi connectivity index (χ0v) is 19.5. The van der Waals surface area contributed by atoms with Crippen LogP contribution in [0, 0.1) is 13.8 Å². The van der Waals surface area contributed by atoms with Gasteiger partial charge in [0.1, 0.15) is 0 Å². The highest BCUT2D eigenvalue weighted by molar-refractivity contribution is 5.93. The lowest BCUT2D eigenvalue weighted by atomic mass is 10.0. The molecule has 4 rings (SSSR count). The lowest BCUT2D eigenvalue weighted by molar-refractivity contribution is -0.121. The first-order valence-corrected chi connectivity index (χ1v) is 11.8. The van der Waals surface area contributed by atoms with Gasteiger partial charge in [0.05, 0.1) is 12.2 Å². The number of amides is 2. The Hall–Kier alpha value is -2.71. The van der Waals surface area contributed by atoms with Crippen LogP contribution in [-0.2, 0) is 14.3 Å². The van der Waals surface area contributed by atoms with Crippen molar-refractivity contribution in [2.24, 2.45) is 0 Å². The summed E-state index contributed by atoms with van der Waals surface area (Å²) >= 11 is 0. The number of nitrogens with one attached hydrogen (secondary N) is 1. The predicted octanol–water partition coefficient (Wildman–Crippen LogP) is 3.26. The number of rotatable bonds is 9. The highest BCUT2D eigenvalue weighted by Gasteiger charge is 2.26. The average Bonchev–Trinajstić information content (AvgIpc) is 3.59. The van der Waals surface area contributed by atoms with E-state index in [0.717, 1.165) is 49.0 Å². The molecule has 178 valence electrons. The first-order chi connectivity index (χ1) is 16.0. The van der Waals surface area contributed by atoms with E-state index in [9.17, 15) is 9.59 Å². The molecule has 1 aromatic carbocycles. The summed E-state index contributed by atoms with van der Waals surface area (Å²) in [7, 11) is 0. The molecular weight excluding hydrogens is 422 g/mol. The molecule has 2 aliphatic heterocycles. The molecule has 3 heterocycles. The van der Waals surface area contributed by atoms with Crippen LogP contribution in [0.25, 0.3) is 11.3 Å². The number of carbonyl (C=O) groups excluding carboxylic acids is 2. The molecular formula is C25H33N3O5. The molecule has 2 fully saturated rings. The lowest BCUT2D eigenvalue weighted by Crippen LogP contribution is -2.40. The Bertz CT molecular complexity index is 961. The number of ether oxygens (including phenoxy) is 2. The molecule has 8 nitrogen and oxygen atoms in total. The van der Waals surface area contributed by atoms with Crippen LogP contribution in [-0.4, -0.2) is 66.9 Å². The van der Waals surface area contributed by atoms with Gasteiger partial charge in [0.2, 0.25) is 5.91 Å². The molecule has 0 spiro atoms. The number of hydrogen-bond donors (Lipinski definition) is 1. The zero-order chi connectivity index (χ0) is 23.2. The van der Waals surface area contributed by atoms with Crippen molar-refractivity contribution in [1.29, 1.82) is 0 Å². The normalized spacial score (nSPS) is 20.2. The third-order valence-electron chi connectivity index (χ3n) is 6.28. The summed E-state index contributed by atoms with van der Waals surface area (Å²) in [6.07, 6.45) is 4.18. The molecule has 0 saturated carbocycles. The average molecular weight is 456 g/mol. The van der Waals surface area contributed by atoms with Gasteiger partial charge >= 0.3 is 0 Å². The largest absolute Gasteiger partial charge is 0.376 e. The van der Waals surface area contributed by atoms with Crippen LogP contribution < -0.4 is 5.32 Å². The highest BCUT2D eigenvalue weighted by Crippen LogP contribution is 2.26. The van der Waals surface area contributed by atoms with E-state index in [1.807, 2.05) is 32.0 Å². The third-order valence-corrected chi connectivity index (χ3v) is 6.28. The minimum Gasteiger partial charge on any atom is -0.376 e. The molecule has 2 atom stereocenters. The molecule has 1 N–H and O–H groups in total. The molecule has 2 aliphatic rings. The van der Waals surface area contributed by atoms with Crippen LogP contribution in [0.5, 0.6) is 0 Å². The SMILES string of the molecule is Cc1ccc(C)c(-c2cc(C(=O)N(CCC(=O)NC[C@H]3CCCO3)C[C@H]3CCCO3)no2)c1. The van der Waals surface area contributed by atoms with Crippen molar-refractivity contribution in [2.45, 2.75) is 58.2 Å². The van der Waals surface area contributed by atoms with Gasteiger partial charge in [-0.25, -0.2) is 0 Å². The summed E-state index contributed by atoms with van der Waals surface area (Å²) in [5, 5.41) is 6.97. The number of carbonyl (C=O) groups is 2. The van der Waals surface area contributed by atoms with Gasteiger partial charge in [-0.2, -0.15) is 0 Å². The van der Waals surface area contributed by atoms with Crippen molar-refractivity contribution >= 4 is 11.8 Å². The minimum absolute atomic E-state index is 0.0192. The van der Waals surface area contributed by atoms with E-state index in [-0.39, 0.29) is 36.1 Å². The fourth-order valence-electron chi connectivity index (χ4n) is 4.33. The number of hydrogen-bond acceptors (Lipinski definition) is 6. The summed E-state index contributed by atoms with van der Waals surface area (Å²) in [6.45, 7) is 6.71. The number of benzene rings is 1. The smallest absolute Gasteiger partial charge is 0.276 e. The van der Waals surface area contributed by atoms with Crippen LogP contribution in [0.2, 0.25) is 0 Å². The maximum absolute atomic E-state index is 13.3. The third kappa shape index (κ3) is 6.21. The van der Waals surface area contributed by atoms with E-state index in [2.05, 4.69) is 10.5 Å². The van der Waals surface area contributed by atoms with Crippen LogP contribution >= 0.6 is 0 Å². The van der Waals surface area contributed by atoms with Crippen molar-refractivity contribution in [3.05, 3.63) is 41.1 Å². The molecule has 33 heavy (non-hydrogen) atoms. The summed E-state index contributed by atoms with van der Waals surface area (Å²) < 4.78 is 16.8. The molecule has 0 radical (unpaired) electrons. The maximum Gasteiger partial charge on any atom is 0.276 e. The first kappa shape index (κ1) is 23.4. The van der Waals surface area contributed by atoms with Crippen molar-refractivity contribution < 1.29 is 23.6 Å². The Morgan fingerprint density at radius 1 is 1.09 bits per heavy atom. The lowest BCUT2D eigenvalue weighted by Gasteiger charge is -2.24. The van der Waals surface area contributed by atoms with Crippen molar-refractivity contribution in [3.8, 4) is 11.3 Å². The van der Waals surface area contributed by atoms with E-state index >= 15 is 0 Å². The van der Waals surface area contributed by atoms with Crippen molar-refractivity contribution in [2.75, 3.05) is 32.8 Å². The summed E-state index contributed by atoms with van der Waals surface area (Å²) in [4.78, 5) is 27.4. The maximum atomic E-state index is 13.3. The Balaban J connectivity index is 1.41. The molecule has 1 aromatic heterocycles. The number of aryl methyl sites for hydroxylation is 2. The standard InChI is InChI=1S/C25H33N3O5/c1-17-7-8-18(2)21(13-17)23-14-22(27-33-23)25(30)28(16-20-6-4-12-32-20)10-9-24(29)26-15-19-5-3-11-31-19/h7-8,13-14,19-20H,3-6,9-12,15-16H2,1-2H3,(H,26,29)/t19-,20-/m1/s1. The second-order valence-corrected chi connectivity index (χ2v) is 8.97. The Labute approximate surface area is 194 Å². The second kappa shape index (κ2) is 10.9. The Morgan fingerprint density at radius 2 is 1.85 bits per heavy atom. The molecule has 0 bridgehead atoms. The van der Waals surface area contributed by atoms with Gasteiger partial charge in [-0.15, -0.1) is 0 Å². The van der Waals surface area contributed by atoms with Gasteiger partial charge in [-0.1, -0.05) is 22.9 Å². The molecule has 0 unspecified atom stereocenters. The molecule has 2 saturated heterocycles. The van der Waals surface area contributed by atoms with Crippen LogP contribution in [0.3, 0.4) is 0 Å². The Kier molecular flexibility index (Phi) is 7.77. The van der Waals surface area contributed by atoms with E-state index in [1.54, 1.807) is 11.0 Å². The van der Waals surface area contributed by atoms with E-state index in [4.69, 9.17) is 14.0 Å². The van der Waals surface area contributed by atoms with Gasteiger partial charge in [0.15, 0.2) is 11.5 Å². The topological polar surface area (TPSA) is 93.9 Å². The minimum atomic E-state index is -0.252. The molecule has 2 amide bonds. The molecule has 8 heteroatoms. The summed E-state index contributed by atoms with van der Waals surface area (Å²) in [5.74, 6) is 0.218. The van der Waals surface area contributed by atoms with E-state index in [0.29, 0.717) is 32.0 Å². The molecule has 2 aromatic rings. The van der Waals surface area contributed by atoms with Crippen molar-refractivity contribution in [1.82, 2.24) is 15.4 Å². The van der Waals surface area contributed by atoms with E-state index in [1.165, 1.54) is 0 Å². The predicted molar refractivity (Wildman–Crippen MR) is 123 cm³/mol. The molecule has 0 aliphatic carbocycles. The monoisotopic (exact) mass is 455 g/mol. The quantitative estimate of drug-likeness (QED) is 0.624. The van der Waals surface area contributed by atoms with E-state index < -0.39 is 0 Å². The first-order valence-electron chi connectivity index (χ1n) is 11.8. The summed E-state index contributed by atoms with van der Waals surface area (Å²) in [6, 6.07) is 7.76. The fourth-order valence-corrected chi connectivity index (χ4v) is 4.33. The van der Waals surface area contributed by atoms with Gasteiger partial charge in [0, 0.05) is 50.9 Å². The number of nitrogens with zero attached hydrogens (tertiary/aromatic N) is 2. The van der Waals surface area contributed by atoms with Crippen LogP contribution in [0.4, 0.5) is 0 Å². The van der Waals surface area contributed by atoms with Gasteiger partial charge in [0.25, 0.3) is 5.91 Å². The zero-order valence-electron chi connectivity index (χ0n) is 19.5. The van der Waals surface area contributed by atoms with Crippen LogP contribution in [0.1, 0.15) is 53.7 Å². The number of aromatic nitrogens is 1. The van der Waals surface area contributed by atoms with Crippen molar-refractivity contribution in [3.63, 3.8) is 0 Å². The Morgan fingerprint density at radius 3 is 2.58 bits per heavy atom. The van der Waals surface area contributed by atoms with Gasteiger partial charge < -0.3 is 24.2 Å². The second-order valence-electron chi connectivity index (χ2n) is 8.97. The fraction of sp³-hybridized carbons (Fsp3) is 0.560. The van der Waals surface area contributed by atoms with Crippen LogP contribution in [0.15, 0.2) is 28.8 Å². The van der Waals surface area contributed by atoms with Gasteiger partial charge in [-0.3, -0.25) is 9.59 Å².